The number of anilines is 1. The van der Waals surface area contributed by atoms with E-state index in [0.29, 0.717) is 5.02 Å². The number of sulfonamides is 1. The summed E-state index contributed by atoms with van der Waals surface area (Å²) >= 11 is 23.9. The molecule has 0 amide bonds. The van der Waals surface area contributed by atoms with Crippen LogP contribution in [-0.2, 0) is 14.8 Å². The fourth-order valence-corrected chi connectivity index (χ4v) is 4.51. The van der Waals surface area contributed by atoms with E-state index in [1.807, 2.05) is 0 Å². The van der Waals surface area contributed by atoms with E-state index in [1.165, 1.54) is 36.4 Å². The van der Waals surface area contributed by atoms with Crippen LogP contribution in [0.2, 0.25) is 20.1 Å². The van der Waals surface area contributed by atoms with Gasteiger partial charge in [-0.3, -0.25) is 9.10 Å². The Morgan fingerprint density at radius 3 is 2.12 bits per heavy atom. The molecule has 1 N–H and O–H groups in total. The summed E-state index contributed by atoms with van der Waals surface area (Å²) in [4.78, 5) is 10.8. The van der Waals surface area contributed by atoms with Crippen molar-refractivity contribution < 1.29 is 18.3 Å². The Kier molecular flexibility index (Phi) is 7.05. The van der Waals surface area contributed by atoms with Gasteiger partial charge in [-0.05, 0) is 42.8 Å². The zero-order valence-corrected chi connectivity index (χ0v) is 17.0. The van der Waals surface area contributed by atoms with E-state index in [2.05, 4.69) is 0 Å². The normalized spacial score (nSPS) is 11.4. The highest BCUT2D eigenvalue weighted by atomic mass is 35.5. The molecule has 2 aromatic carbocycles. The first-order chi connectivity index (χ1) is 12.1. The molecule has 0 fully saturated rings. The largest absolute Gasteiger partial charge is 0.481 e. The number of carboxylic acids is 1. The van der Waals surface area contributed by atoms with Gasteiger partial charge in [0.05, 0.1) is 25.7 Å². The number of halogens is 4. The first-order valence-corrected chi connectivity index (χ1v) is 10.2. The number of carboxylic acid groups (broad SMARTS) is 1. The fraction of sp³-hybridized carbons (Fsp3) is 0.188. The van der Waals surface area contributed by atoms with Crippen LogP contribution >= 0.6 is 46.4 Å². The molecule has 0 atom stereocenters. The second-order valence-electron chi connectivity index (χ2n) is 5.25. The maximum absolute atomic E-state index is 13.1. The lowest BCUT2D eigenvalue weighted by atomic mass is 10.2. The van der Waals surface area contributed by atoms with Crippen LogP contribution in [0, 0.1) is 0 Å². The van der Waals surface area contributed by atoms with E-state index >= 15 is 0 Å². The number of benzene rings is 2. The third-order valence-electron chi connectivity index (χ3n) is 3.41. The summed E-state index contributed by atoms with van der Waals surface area (Å²) in [6.07, 6.45) is -0.121. The van der Waals surface area contributed by atoms with E-state index in [4.69, 9.17) is 51.5 Å². The lowest BCUT2D eigenvalue weighted by Gasteiger charge is -2.25. The summed E-state index contributed by atoms with van der Waals surface area (Å²) in [6.45, 7) is -0.102. The zero-order chi connectivity index (χ0) is 19.5. The fourth-order valence-electron chi connectivity index (χ4n) is 2.18. The number of hydrogen-bond donors (Lipinski definition) is 1. The summed E-state index contributed by atoms with van der Waals surface area (Å²) in [5.41, 5.74) is 0.112. The molecule has 5 nitrogen and oxygen atoms in total. The Morgan fingerprint density at radius 2 is 1.54 bits per heavy atom. The van der Waals surface area contributed by atoms with Crippen LogP contribution in [-0.4, -0.2) is 26.0 Å². The third-order valence-corrected chi connectivity index (χ3v) is 6.52. The lowest BCUT2D eigenvalue weighted by molar-refractivity contribution is -0.137. The SMILES string of the molecule is O=C(O)CCCN(c1cc(Cl)c(Cl)cc1Cl)S(=O)(=O)c1ccc(Cl)cc1. The molecule has 0 spiro atoms. The molecule has 0 saturated carbocycles. The second-order valence-corrected chi connectivity index (χ2v) is 8.77. The van der Waals surface area contributed by atoms with Gasteiger partial charge >= 0.3 is 5.97 Å². The number of carbonyl (C=O) groups is 1. The molecule has 2 rings (SSSR count). The molecule has 0 radical (unpaired) electrons. The smallest absolute Gasteiger partial charge is 0.303 e. The van der Waals surface area contributed by atoms with Gasteiger partial charge in [-0.25, -0.2) is 8.42 Å². The van der Waals surface area contributed by atoms with Crippen molar-refractivity contribution in [3.8, 4) is 0 Å². The first kappa shape index (κ1) is 21.1. The highest BCUT2D eigenvalue weighted by molar-refractivity contribution is 7.92. The van der Waals surface area contributed by atoms with Gasteiger partial charge in [0.2, 0.25) is 0 Å². The maximum atomic E-state index is 13.1. The van der Waals surface area contributed by atoms with Crippen molar-refractivity contribution in [3.05, 3.63) is 56.5 Å². The molecule has 10 heteroatoms. The molecule has 0 heterocycles. The van der Waals surface area contributed by atoms with Crippen LogP contribution in [0.3, 0.4) is 0 Å². The van der Waals surface area contributed by atoms with Crippen molar-refractivity contribution in [1.82, 2.24) is 0 Å². The molecule has 0 aliphatic heterocycles. The topological polar surface area (TPSA) is 74.7 Å². The Balaban J connectivity index is 2.51. The van der Waals surface area contributed by atoms with Gasteiger partial charge in [0, 0.05) is 18.0 Å². The summed E-state index contributed by atoms with van der Waals surface area (Å²) < 4.78 is 27.2. The van der Waals surface area contributed by atoms with Crippen LogP contribution < -0.4 is 4.31 Å². The van der Waals surface area contributed by atoms with Crippen molar-refractivity contribution >= 4 is 68.1 Å². The summed E-state index contributed by atoms with van der Waals surface area (Å²) in [5.74, 6) is -1.03. The number of hydrogen-bond acceptors (Lipinski definition) is 3. The average molecular weight is 457 g/mol. The molecular formula is C16H13Cl4NO4S. The Bertz CT molecular complexity index is 917. The van der Waals surface area contributed by atoms with Gasteiger partial charge in [0.1, 0.15) is 0 Å². The van der Waals surface area contributed by atoms with Crippen molar-refractivity contribution in [3.63, 3.8) is 0 Å². The average Bonchev–Trinajstić information content (AvgIpc) is 2.55. The molecule has 140 valence electrons. The number of nitrogens with zero attached hydrogens (tertiary/aromatic N) is 1. The maximum Gasteiger partial charge on any atom is 0.303 e. The highest BCUT2D eigenvalue weighted by Gasteiger charge is 2.27. The van der Waals surface area contributed by atoms with Crippen LogP contribution in [0.25, 0.3) is 0 Å². The number of aliphatic carboxylic acids is 1. The van der Waals surface area contributed by atoms with Crippen molar-refractivity contribution in [2.24, 2.45) is 0 Å². The van der Waals surface area contributed by atoms with Crippen LogP contribution in [0.15, 0.2) is 41.3 Å². The molecule has 0 aromatic heterocycles. The molecule has 26 heavy (non-hydrogen) atoms. The quantitative estimate of drug-likeness (QED) is 0.569. The summed E-state index contributed by atoms with van der Waals surface area (Å²) in [6, 6.07) is 8.27. The van der Waals surface area contributed by atoms with Gasteiger partial charge in [0.15, 0.2) is 0 Å². The van der Waals surface area contributed by atoms with Crippen LogP contribution in [0.5, 0.6) is 0 Å². The molecule has 2 aromatic rings. The zero-order valence-electron chi connectivity index (χ0n) is 13.1. The standard InChI is InChI=1S/C16H13Cl4NO4S/c17-10-3-5-11(6-4-10)26(24,25)21(7-1-2-16(22)23)15-9-13(19)12(18)8-14(15)20/h3-6,8-9H,1-2,7H2,(H,22,23). The van der Waals surface area contributed by atoms with E-state index in [0.717, 1.165) is 4.31 Å². The lowest BCUT2D eigenvalue weighted by Crippen LogP contribution is -2.32. The molecular weight excluding hydrogens is 444 g/mol. The van der Waals surface area contributed by atoms with Crippen molar-refractivity contribution in [1.29, 1.82) is 0 Å². The summed E-state index contributed by atoms with van der Waals surface area (Å²) in [5, 5.41) is 9.60. The molecule has 0 bridgehead atoms. The highest BCUT2D eigenvalue weighted by Crippen LogP contribution is 2.37. The monoisotopic (exact) mass is 455 g/mol. The minimum atomic E-state index is -4.03. The molecule has 0 saturated heterocycles. The minimum absolute atomic E-state index is 0.0145. The van der Waals surface area contributed by atoms with Crippen LogP contribution in [0.1, 0.15) is 12.8 Å². The number of rotatable bonds is 7. The third kappa shape index (κ3) is 4.96. The van der Waals surface area contributed by atoms with Crippen molar-refractivity contribution in [2.75, 3.05) is 10.8 Å². The van der Waals surface area contributed by atoms with E-state index in [-0.39, 0.29) is 45.0 Å². The van der Waals surface area contributed by atoms with E-state index in [9.17, 15) is 13.2 Å². The van der Waals surface area contributed by atoms with Gasteiger partial charge < -0.3 is 5.11 Å². The predicted molar refractivity (Wildman–Crippen MR) is 104 cm³/mol. The van der Waals surface area contributed by atoms with Gasteiger partial charge in [-0.2, -0.15) is 0 Å². The Labute approximate surface area is 171 Å². The van der Waals surface area contributed by atoms with Gasteiger partial charge in [-0.1, -0.05) is 46.4 Å². The predicted octanol–water partition coefficient (Wildman–Crippen LogP) is 5.36. The van der Waals surface area contributed by atoms with Crippen LogP contribution in [0.4, 0.5) is 5.69 Å². The van der Waals surface area contributed by atoms with E-state index < -0.39 is 16.0 Å². The van der Waals surface area contributed by atoms with Gasteiger partial charge in [-0.15, -0.1) is 0 Å². The second kappa shape index (κ2) is 8.67. The van der Waals surface area contributed by atoms with E-state index in [1.54, 1.807) is 0 Å². The molecule has 0 aliphatic carbocycles. The Morgan fingerprint density at radius 1 is 0.962 bits per heavy atom. The first-order valence-electron chi connectivity index (χ1n) is 7.27. The molecule has 0 unspecified atom stereocenters. The Hall–Kier alpha value is -1.18. The van der Waals surface area contributed by atoms with Crippen molar-refractivity contribution in [2.45, 2.75) is 17.7 Å². The molecule has 0 aliphatic rings. The summed E-state index contributed by atoms with van der Waals surface area (Å²) in [7, 11) is -4.03. The minimum Gasteiger partial charge on any atom is -0.481 e. The van der Waals surface area contributed by atoms with Gasteiger partial charge in [0.25, 0.3) is 10.0 Å².